The van der Waals surface area contributed by atoms with Crippen LogP contribution in [0.4, 0.5) is 0 Å². The van der Waals surface area contributed by atoms with Crippen molar-refractivity contribution in [2.75, 3.05) is 5.75 Å². The van der Waals surface area contributed by atoms with E-state index in [1.165, 1.54) is 28.4 Å². The number of benzene rings is 1. The van der Waals surface area contributed by atoms with Crippen LogP contribution in [-0.2, 0) is 9.59 Å². The van der Waals surface area contributed by atoms with Gasteiger partial charge in [0.15, 0.2) is 0 Å². The van der Waals surface area contributed by atoms with Crippen molar-refractivity contribution in [2.24, 2.45) is 5.73 Å². The number of carboxylic acids is 1. The van der Waals surface area contributed by atoms with Crippen LogP contribution in [0.5, 0.6) is 0 Å². The summed E-state index contributed by atoms with van der Waals surface area (Å²) in [5.74, 6) is -0.131. The van der Waals surface area contributed by atoms with Gasteiger partial charge in [0, 0.05) is 21.1 Å². The van der Waals surface area contributed by atoms with Crippen molar-refractivity contribution in [1.82, 2.24) is 4.90 Å². The van der Waals surface area contributed by atoms with Gasteiger partial charge in [-0.25, -0.2) is 4.79 Å². The molecule has 0 aliphatic carbocycles. The van der Waals surface area contributed by atoms with Crippen molar-refractivity contribution in [3.05, 3.63) is 53.3 Å². The van der Waals surface area contributed by atoms with Crippen molar-refractivity contribution >= 4 is 35.4 Å². The fourth-order valence-corrected chi connectivity index (χ4v) is 5.26. The quantitative estimate of drug-likeness (QED) is 0.794. The van der Waals surface area contributed by atoms with E-state index in [2.05, 4.69) is 0 Å². The van der Waals surface area contributed by atoms with Gasteiger partial charge in [-0.3, -0.25) is 9.69 Å². The van der Waals surface area contributed by atoms with Crippen molar-refractivity contribution in [1.29, 1.82) is 0 Å². The van der Waals surface area contributed by atoms with Gasteiger partial charge < -0.3 is 15.3 Å². The number of thioether (sulfide) groups is 2. The molecule has 1 saturated heterocycles. The van der Waals surface area contributed by atoms with E-state index >= 15 is 0 Å². The number of hydrogen-bond acceptors (Lipinski definition) is 6. The first-order valence-electron chi connectivity index (χ1n) is 7.55. The maximum atomic E-state index is 12.0. The number of hydrogen-bond donors (Lipinski definition) is 2. The highest BCUT2D eigenvalue weighted by Gasteiger charge is 2.51. The third-order valence-corrected chi connectivity index (χ3v) is 6.65. The number of rotatable bonds is 4. The first-order valence-corrected chi connectivity index (χ1v) is 9.41. The van der Waals surface area contributed by atoms with Crippen LogP contribution >= 0.6 is 23.5 Å². The molecule has 0 saturated carbocycles. The Morgan fingerprint density at radius 1 is 1.32 bits per heavy atom. The Morgan fingerprint density at radius 3 is 2.72 bits per heavy atom. The molecular formula is C17H14N2O4S2. The van der Waals surface area contributed by atoms with Gasteiger partial charge in [-0.15, -0.1) is 11.8 Å². The van der Waals surface area contributed by atoms with E-state index in [9.17, 15) is 14.7 Å². The van der Waals surface area contributed by atoms with E-state index in [1.807, 2.05) is 36.4 Å². The molecule has 0 radical (unpaired) electrons. The summed E-state index contributed by atoms with van der Waals surface area (Å²) in [6.45, 7) is 0. The predicted octanol–water partition coefficient (Wildman–Crippen LogP) is 2.58. The third-order valence-electron chi connectivity index (χ3n) is 4.08. The summed E-state index contributed by atoms with van der Waals surface area (Å²) in [5, 5.41) is 9.28. The highest BCUT2D eigenvalue weighted by atomic mass is 32.2. The van der Waals surface area contributed by atoms with E-state index in [0.29, 0.717) is 10.7 Å². The van der Waals surface area contributed by atoms with E-state index < -0.39 is 12.0 Å². The minimum Gasteiger partial charge on any atom is -0.477 e. The normalized spacial score (nSPS) is 22.6. The van der Waals surface area contributed by atoms with Crippen LogP contribution in [0.25, 0.3) is 11.3 Å². The van der Waals surface area contributed by atoms with Crippen LogP contribution in [0.15, 0.2) is 62.6 Å². The molecule has 0 bridgehead atoms. The lowest BCUT2D eigenvalue weighted by atomic mass is 10.1. The van der Waals surface area contributed by atoms with Crippen LogP contribution in [0.1, 0.15) is 0 Å². The first-order chi connectivity index (χ1) is 12.1. The zero-order valence-corrected chi connectivity index (χ0v) is 14.5. The standard InChI is InChI=1S/C17H14N2O4S2/c18-13-15(20)19-14(17(21)22)12(8-24-16(13)19)25-10-5-3-9(4-6-10)11-2-1-7-23-11/h1-7,13,16H,8,18H2,(H,21,22)/t13-,16+/m1/s1. The molecule has 2 aliphatic rings. The third kappa shape index (κ3) is 2.76. The lowest BCUT2D eigenvalue weighted by Gasteiger charge is -2.47. The van der Waals surface area contributed by atoms with E-state index in [1.54, 1.807) is 6.26 Å². The summed E-state index contributed by atoms with van der Waals surface area (Å²) in [5.41, 5.74) is 6.76. The molecule has 1 fully saturated rings. The predicted molar refractivity (Wildman–Crippen MR) is 95.7 cm³/mol. The molecule has 1 amide bonds. The van der Waals surface area contributed by atoms with E-state index in [0.717, 1.165) is 16.2 Å². The van der Waals surface area contributed by atoms with Crippen LogP contribution in [-0.4, -0.2) is 39.1 Å². The van der Waals surface area contributed by atoms with Gasteiger partial charge in [0.25, 0.3) is 0 Å². The van der Waals surface area contributed by atoms with Crippen molar-refractivity contribution in [2.45, 2.75) is 16.3 Å². The molecule has 8 heteroatoms. The highest BCUT2D eigenvalue weighted by molar-refractivity contribution is 8.06. The van der Waals surface area contributed by atoms with Gasteiger partial charge in [-0.05, 0) is 24.3 Å². The number of carboxylic acid groups (broad SMARTS) is 1. The summed E-state index contributed by atoms with van der Waals surface area (Å²) in [6.07, 6.45) is 1.62. The van der Waals surface area contributed by atoms with Gasteiger partial charge in [-0.1, -0.05) is 23.9 Å². The lowest BCUT2D eigenvalue weighted by Crippen LogP contribution is -2.68. The van der Waals surface area contributed by atoms with Crippen molar-refractivity contribution in [3.8, 4) is 11.3 Å². The largest absolute Gasteiger partial charge is 0.477 e. The second-order valence-electron chi connectivity index (χ2n) is 5.62. The molecule has 2 aliphatic heterocycles. The number of fused-ring (bicyclic) bond motifs is 1. The molecule has 128 valence electrons. The Balaban J connectivity index is 1.60. The van der Waals surface area contributed by atoms with Gasteiger partial charge in [0.1, 0.15) is 22.9 Å². The van der Waals surface area contributed by atoms with Crippen LogP contribution in [0.2, 0.25) is 0 Å². The number of nitrogens with two attached hydrogens (primary N) is 1. The fourth-order valence-electron chi connectivity index (χ4n) is 2.84. The van der Waals surface area contributed by atoms with Gasteiger partial charge in [-0.2, -0.15) is 0 Å². The molecule has 4 rings (SSSR count). The molecule has 3 heterocycles. The maximum absolute atomic E-state index is 12.0. The minimum absolute atomic E-state index is 0.0514. The SMILES string of the molecule is N[C@@H]1C(=O)N2C(C(=O)O)=C(Sc3ccc(-c4ccco4)cc3)CS[C@@H]12. The van der Waals surface area contributed by atoms with Crippen LogP contribution in [0.3, 0.4) is 0 Å². The number of aliphatic carboxylic acids is 1. The average Bonchev–Trinajstić information content (AvgIpc) is 3.15. The van der Waals surface area contributed by atoms with E-state index in [-0.39, 0.29) is 17.0 Å². The number of β-lactam (4-membered cyclic amide) rings is 1. The Morgan fingerprint density at radius 2 is 2.08 bits per heavy atom. The fraction of sp³-hybridized carbons (Fsp3) is 0.176. The summed E-state index contributed by atoms with van der Waals surface area (Å²) in [4.78, 5) is 26.5. The molecule has 25 heavy (non-hydrogen) atoms. The summed E-state index contributed by atoms with van der Waals surface area (Å²) >= 11 is 2.86. The second kappa shape index (κ2) is 6.29. The zero-order valence-electron chi connectivity index (χ0n) is 12.9. The molecular weight excluding hydrogens is 360 g/mol. The Labute approximate surface area is 152 Å². The van der Waals surface area contributed by atoms with Gasteiger partial charge in [0.05, 0.1) is 6.26 Å². The minimum atomic E-state index is -1.10. The highest BCUT2D eigenvalue weighted by Crippen LogP contribution is 2.44. The monoisotopic (exact) mass is 374 g/mol. The molecule has 2 atom stereocenters. The lowest BCUT2D eigenvalue weighted by molar-refractivity contribution is -0.147. The summed E-state index contributed by atoms with van der Waals surface area (Å²) < 4.78 is 5.36. The topological polar surface area (TPSA) is 96.8 Å². The Bertz CT molecular complexity index is 861. The molecule has 3 N–H and O–H groups in total. The van der Waals surface area contributed by atoms with Crippen LogP contribution < -0.4 is 5.73 Å². The van der Waals surface area contributed by atoms with Gasteiger partial charge >= 0.3 is 5.97 Å². The van der Waals surface area contributed by atoms with Crippen LogP contribution in [0, 0.1) is 0 Å². The smallest absolute Gasteiger partial charge is 0.353 e. The molecule has 6 nitrogen and oxygen atoms in total. The number of carbonyl (C=O) groups excluding carboxylic acids is 1. The molecule has 0 unspecified atom stereocenters. The number of furan rings is 1. The average molecular weight is 374 g/mol. The number of nitrogens with zero attached hydrogens (tertiary/aromatic N) is 1. The van der Waals surface area contributed by atoms with Crippen molar-refractivity contribution in [3.63, 3.8) is 0 Å². The summed E-state index contributed by atoms with van der Waals surface area (Å²) in [7, 11) is 0. The number of amides is 1. The molecule has 2 aromatic rings. The Hall–Kier alpha value is -2.16. The summed E-state index contributed by atoms with van der Waals surface area (Å²) in [6, 6.07) is 10.8. The molecule has 0 spiro atoms. The van der Waals surface area contributed by atoms with Crippen molar-refractivity contribution < 1.29 is 19.1 Å². The van der Waals surface area contributed by atoms with E-state index in [4.69, 9.17) is 10.2 Å². The van der Waals surface area contributed by atoms with Gasteiger partial charge in [0.2, 0.25) is 5.91 Å². The first kappa shape index (κ1) is 16.3. The maximum Gasteiger partial charge on any atom is 0.353 e. The molecule has 1 aromatic heterocycles. The number of carbonyl (C=O) groups is 2. The zero-order chi connectivity index (χ0) is 17.6. The molecule has 1 aromatic carbocycles. The Kier molecular flexibility index (Phi) is 4.10. The second-order valence-corrected chi connectivity index (χ2v) is 7.89.